The molecule has 4 aromatic rings. The molecule has 3 N–H and O–H groups in total. The zero-order valence-corrected chi connectivity index (χ0v) is 63.1. The van der Waals surface area contributed by atoms with Gasteiger partial charge in [-0.05, 0) is 117 Å². The topological polar surface area (TPSA) is 129 Å². The molecule has 0 aliphatic rings. The molecule has 1 unspecified atom stereocenters. The molecular formula is C73H128O7Y4-4. The Kier molecular flexibility index (Phi) is 176. The van der Waals surface area contributed by atoms with E-state index in [9.17, 15) is 19.2 Å². The van der Waals surface area contributed by atoms with Gasteiger partial charge in [-0.1, -0.05) is 282 Å². The summed E-state index contributed by atoms with van der Waals surface area (Å²) in [6.07, 6.45) is 19.2. The van der Waals surface area contributed by atoms with Gasteiger partial charge in [-0.3, -0.25) is 26.3 Å². The molecule has 0 amide bonds. The first-order valence-electron chi connectivity index (χ1n) is 26.5. The van der Waals surface area contributed by atoms with E-state index < -0.39 is 0 Å². The monoisotopic (exact) mass is 1470 g/mol. The molecule has 4 rings (SSSR count). The van der Waals surface area contributed by atoms with Gasteiger partial charge in [0.1, 0.15) is 11.5 Å². The number of allylic oxidation sites excluding steroid dienone is 4. The largest absolute Gasteiger partial charge is 0.508 e. The summed E-state index contributed by atoms with van der Waals surface area (Å²) in [4.78, 5) is 41.8. The Balaban J connectivity index is -0.0000000358. The van der Waals surface area contributed by atoms with Gasteiger partial charge in [-0.2, -0.15) is 0 Å². The molecule has 84 heavy (non-hydrogen) atoms. The molecule has 0 fully saturated rings. The SMILES string of the molecule is C.C.C.C.C.C.C=Cc1ccccc1.C=[C-]C(=O)CC(CC)CC.C=[C-]C(=O)CCC.C=[C-]C(=O)CCC.C=[C-]C(=O)CCC(O)CC.CC.CC.CC.CCC.Cc1ccccc1.Cc1ccccc1O.Cc1ccccc1O.[Y].[Y].[Y].[Y]. The number of rotatable bonds is 17. The second kappa shape index (κ2) is 112. The average Bonchev–Trinajstić information content (AvgIpc) is 3.44. The number of hydrogen-bond acceptors (Lipinski definition) is 7. The van der Waals surface area contributed by atoms with Crippen molar-refractivity contribution < 1.29 is 165 Å². The Bertz CT molecular complexity index is 1780. The van der Waals surface area contributed by atoms with Gasteiger partial charge in [-0.15, -0.1) is 0 Å². The van der Waals surface area contributed by atoms with Gasteiger partial charge in [-0.25, -0.2) is 0 Å². The number of carbonyl (C=O) groups excluding carboxylic acids is 4. The van der Waals surface area contributed by atoms with Crippen molar-refractivity contribution in [2.45, 2.75) is 232 Å². The summed E-state index contributed by atoms with van der Waals surface area (Å²) in [7, 11) is 0. The van der Waals surface area contributed by atoms with Crippen LogP contribution in [0.4, 0.5) is 0 Å². The molecule has 0 aliphatic carbocycles. The van der Waals surface area contributed by atoms with E-state index in [0.29, 0.717) is 55.9 Å². The van der Waals surface area contributed by atoms with E-state index in [0.717, 1.165) is 36.8 Å². The predicted molar refractivity (Wildman–Crippen MR) is 363 cm³/mol. The summed E-state index contributed by atoms with van der Waals surface area (Å²) in [5.41, 5.74) is 4.34. The number of para-hydroxylation sites is 2. The van der Waals surface area contributed by atoms with Crippen LogP contribution in [0.3, 0.4) is 0 Å². The number of aliphatic hydroxyl groups excluding tert-OH is 1. The van der Waals surface area contributed by atoms with Gasteiger partial charge in [0.15, 0.2) is 0 Å². The van der Waals surface area contributed by atoms with Crippen LogP contribution in [0.25, 0.3) is 6.08 Å². The summed E-state index contributed by atoms with van der Waals surface area (Å²) in [5.74, 6) is 1.23. The van der Waals surface area contributed by atoms with Crippen molar-refractivity contribution in [2.75, 3.05) is 0 Å². The van der Waals surface area contributed by atoms with Crippen molar-refractivity contribution in [3.8, 4) is 11.5 Å². The Labute approximate surface area is 625 Å². The number of aromatic hydroxyl groups is 2. The van der Waals surface area contributed by atoms with Gasteiger partial charge in [0, 0.05) is 131 Å². The smallest absolute Gasteiger partial charge is 0.118 e. The molecule has 11 heteroatoms. The minimum atomic E-state index is -0.350. The van der Waals surface area contributed by atoms with Crippen LogP contribution < -0.4 is 0 Å². The van der Waals surface area contributed by atoms with Gasteiger partial charge < -0.3 is 58.8 Å². The Hall–Kier alpha value is -1.76. The molecular weight excluding hydrogens is 1340 g/mol. The number of phenolic OH excluding ortho intramolecular Hbond substituents is 2. The molecule has 0 saturated carbocycles. The van der Waals surface area contributed by atoms with Crippen LogP contribution in [0.1, 0.15) is 227 Å². The van der Waals surface area contributed by atoms with Crippen LogP contribution >= 0.6 is 0 Å². The maximum absolute atomic E-state index is 10.8. The molecule has 0 aromatic heterocycles. The number of Topliss-reactive ketones (excluding diaryl/α,β-unsaturated/α-hetero) is 4. The van der Waals surface area contributed by atoms with Crippen LogP contribution in [-0.2, 0) is 150 Å². The van der Waals surface area contributed by atoms with Crippen LogP contribution in [0.15, 0.2) is 142 Å². The first-order chi connectivity index (χ1) is 35.4. The summed E-state index contributed by atoms with van der Waals surface area (Å²) >= 11 is 0. The molecule has 0 heterocycles. The fraction of sp³-hybridized carbons (Fsp3) is 0.479. The number of aliphatic hydroxyl groups is 1. The van der Waals surface area contributed by atoms with Crippen LogP contribution in [0.5, 0.6) is 11.5 Å². The number of hydrogen-bond donors (Lipinski definition) is 3. The van der Waals surface area contributed by atoms with Gasteiger partial charge >= 0.3 is 0 Å². The van der Waals surface area contributed by atoms with Crippen LogP contribution in [-0.4, -0.2) is 44.6 Å². The van der Waals surface area contributed by atoms with Crippen molar-refractivity contribution in [3.63, 3.8) is 0 Å². The van der Waals surface area contributed by atoms with E-state index >= 15 is 0 Å². The van der Waals surface area contributed by atoms with E-state index in [1.54, 1.807) is 12.1 Å². The molecule has 7 nitrogen and oxygen atoms in total. The molecule has 0 saturated heterocycles. The van der Waals surface area contributed by atoms with Crippen LogP contribution in [0, 0.1) is 51.0 Å². The van der Waals surface area contributed by atoms with Gasteiger partial charge in [0.25, 0.3) is 0 Å². The number of aryl methyl sites for hydroxylation is 3. The van der Waals surface area contributed by atoms with E-state index in [2.05, 4.69) is 104 Å². The molecule has 4 aromatic carbocycles. The number of ketones is 4. The van der Waals surface area contributed by atoms with Crippen molar-refractivity contribution in [3.05, 3.63) is 189 Å². The zero-order valence-electron chi connectivity index (χ0n) is 51.7. The first-order valence-corrected chi connectivity index (χ1v) is 26.5. The van der Waals surface area contributed by atoms with Gasteiger partial charge in [0.2, 0.25) is 0 Å². The third-order valence-corrected chi connectivity index (χ3v) is 8.75. The van der Waals surface area contributed by atoms with Crippen molar-refractivity contribution >= 4 is 29.2 Å². The van der Waals surface area contributed by atoms with Crippen molar-refractivity contribution in [1.82, 2.24) is 0 Å². The summed E-state index contributed by atoms with van der Waals surface area (Å²) in [6.45, 7) is 48.6. The van der Waals surface area contributed by atoms with Crippen molar-refractivity contribution in [2.24, 2.45) is 5.92 Å². The van der Waals surface area contributed by atoms with E-state index in [1.165, 1.54) is 17.5 Å². The molecule has 0 bridgehead atoms. The average molecular weight is 1470 g/mol. The number of carbonyl (C=O) groups is 4. The summed E-state index contributed by atoms with van der Waals surface area (Å²) in [6, 6.07) is 34.8. The standard InChI is InChI=1S/C9H15O.C8H13O2.C8H8.2C7H8O.C7H8.2C6H9O.C3H8.3C2H6.6CH4.4Y/c1-4-8(5-2)7-9(10)6-3;1-3-7(9)5-6-8(10)4-2;1-2-8-6-4-3-5-7-8;2*1-6-4-2-3-5-7(6)8;1-7-5-3-2-4-6-7;2*1-3-5-6(7)4-2;1-3-2;3*1-2;;;;;;;;;;/h8H,3-5,7H2,1-2H3;8,10H,1,4-6H2,2H3;2-7H,1H2;2*2-5,8H,1H3;2-6H,1H3;2*2-3,5H2,1H3;3H2,1-2H3;3*1-2H3;6*1H4;;;;/q2*-1;;;;;2*-1;;;;;;;;;;;;;;. The Morgan fingerprint density at radius 1 is 0.452 bits per heavy atom. The quantitative estimate of drug-likeness (QED) is 0.0709. The molecule has 478 valence electrons. The van der Waals surface area contributed by atoms with Crippen LogP contribution in [0.2, 0.25) is 0 Å². The molecule has 0 aliphatic heterocycles. The summed E-state index contributed by atoms with van der Waals surface area (Å²) < 4.78 is 0. The number of phenols is 2. The maximum atomic E-state index is 10.8. The number of benzene rings is 4. The van der Waals surface area contributed by atoms with E-state index in [-0.39, 0.29) is 205 Å². The Morgan fingerprint density at radius 2 is 0.726 bits per heavy atom. The second-order valence-electron chi connectivity index (χ2n) is 14.9. The minimum absolute atomic E-state index is 0. The van der Waals surface area contributed by atoms with E-state index in [1.807, 2.05) is 167 Å². The van der Waals surface area contributed by atoms with Crippen molar-refractivity contribution in [1.29, 1.82) is 0 Å². The third-order valence-electron chi connectivity index (χ3n) is 8.75. The second-order valence-corrected chi connectivity index (χ2v) is 14.9. The maximum Gasteiger partial charge on any atom is 0.118 e. The van der Waals surface area contributed by atoms with Gasteiger partial charge in [0.05, 0.1) is 6.10 Å². The normalized spacial score (nSPS) is 7.74. The van der Waals surface area contributed by atoms with E-state index in [4.69, 9.17) is 15.3 Å². The summed E-state index contributed by atoms with van der Waals surface area (Å²) in [5, 5.41) is 26.8. The Morgan fingerprint density at radius 3 is 0.905 bits per heavy atom. The zero-order chi connectivity index (χ0) is 59.0. The first kappa shape index (κ1) is 132. The predicted octanol–water partition coefficient (Wildman–Crippen LogP) is 22.2. The third kappa shape index (κ3) is 111. The molecule has 4 radical (unpaired) electrons. The fourth-order valence-corrected chi connectivity index (χ4v) is 4.38. The minimum Gasteiger partial charge on any atom is -0.508 e. The molecule has 0 spiro atoms. The fourth-order valence-electron chi connectivity index (χ4n) is 4.38. The molecule has 1 atom stereocenters.